The van der Waals surface area contributed by atoms with Gasteiger partial charge in [-0.3, -0.25) is 0 Å². The van der Waals surface area contributed by atoms with Gasteiger partial charge >= 0.3 is 6.03 Å². The number of rotatable bonds is 3. The van der Waals surface area contributed by atoms with E-state index in [-0.39, 0.29) is 18.2 Å². The molecule has 2 atom stereocenters. The lowest BCUT2D eigenvalue weighted by Crippen LogP contribution is -2.50. The maximum absolute atomic E-state index is 12.4. The van der Waals surface area contributed by atoms with E-state index in [0.717, 1.165) is 12.1 Å². The molecule has 2 aromatic rings. The number of aromatic nitrogens is 2. The van der Waals surface area contributed by atoms with E-state index in [0.29, 0.717) is 18.8 Å². The summed E-state index contributed by atoms with van der Waals surface area (Å²) in [5.41, 5.74) is 1.64. The van der Waals surface area contributed by atoms with Crippen molar-refractivity contribution < 1.29 is 9.53 Å². The number of ether oxygens (including phenoxy) is 1. The Balaban J connectivity index is 1.65. The zero-order valence-electron chi connectivity index (χ0n) is 13.5. The first kappa shape index (κ1) is 15.6. The molecule has 1 aromatic heterocycles. The van der Waals surface area contributed by atoms with Gasteiger partial charge in [0.25, 0.3) is 0 Å². The first-order chi connectivity index (χ1) is 11.2. The number of urea groups is 1. The van der Waals surface area contributed by atoms with Crippen LogP contribution >= 0.6 is 0 Å². The monoisotopic (exact) mass is 314 g/mol. The fraction of sp³-hybridized carbons (Fsp3) is 0.412. The highest BCUT2D eigenvalue weighted by Gasteiger charge is 2.27. The van der Waals surface area contributed by atoms with E-state index in [2.05, 4.69) is 17.3 Å². The summed E-state index contributed by atoms with van der Waals surface area (Å²) in [6.45, 7) is 5.30. The molecule has 0 aliphatic carbocycles. The molecule has 3 rings (SSSR count). The molecular weight excluding hydrogens is 292 g/mol. The van der Waals surface area contributed by atoms with Crippen LogP contribution in [0.25, 0.3) is 5.69 Å². The number of nitrogens with one attached hydrogen (secondary N) is 1. The van der Waals surface area contributed by atoms with Gasteiger partial charge in [-0.2, -0.15) is 5.10 Å². The van der Waals surface area contributed by atoms with E-state index in [1.807, 2.05) is 48.4 Å². The Morgan fingerprint density at radius 1 is 1.35 bits per heavy atom. The van der Waals surface area contributed by atoms with Crippen LogP contribution in [0.15, 0.2) is 42.7 Å². The second kappa shape index (κ2) is 6.83. The minimum atomic E-state index is -0.105. The molecule has 1 aromatic carbocycles. The number of benzene rings is 1. The summed E-state index contributed by atoms with van der Waals surface area (Å²) < 4.78 is 7.53. The molecule has 1 aliphatic heterocycles. The molecule has 1 fully saturated rings. The molecule has 0 bridgehead atoms. The van der Waals surface area contributed by atoms with Crippen molar-refractivity contribution in [1.82, 2.24) is 14.7 Å². The lowest BCUT2D eigenvalue weighted by molar-refractivity contribution is -0.0632. The van der Waals surface area contributed by atoms with Crippen LogP contribution in [-0.2, 0) is 4.74 Å². The van der Waals surface area contributed by atoms with Gasteiger partial charge in [0, 0.05) is 13.1 Å². The Kier molecular flexibility index (Phi) is 4.62. The molecule has 6 nitrogen and oxygen atoms in total. The molecule has 23 heavy (non-hydrogen) atoms. The fourth-order valence-corrected chi connectivity index (χ4v) is 2.75. The summed E-state index contributed by atoms with van der Waals surface area (Å²) in [7, 11) is 0. The number of hydrogen-bond donors (Lipinski definition) is 1. The van der Waals surface area contributed by atoms with Crippen LogP contribution in [0.4, 0.5) is 10.5 Å². The number of carbonyl (C=O) groups is 1. The molecule has 2 heterocycles. The molecule has 2 amide bonds. The van der Waals surface area contributed by atoms with Crippen LogP contribution in [0.5, 0.6) is 0 Å². The van der Waals surface area contributed by atoms with Gasteiger partial charge in [-0.05, 0) is 25.5 Å². The molecule has 1 saturated heterocycles. The molecule has 6 heteroatoms. The standard InChI is InChI=1S/C17H22N4O2/c1-3-16-12-20(10-13(2)23-16)17(22)19-14-9-18-21(11-14)15-7-5-4-6-8-15/h4-9,11,13,16H,3,10,12H2,1-2H3,(H,19,22)/t13-,16-/m1/s1. The Labute approximate surface area is 136 Å². The lowest BCUT2D eigenvalue weighted by Gasteiger charge is -2.36. The van der Waals surface area contributed by atoms with E-state index in [9.17, 15) is 4.79 Å². The molecule has 122 valence electrons. The highest BCUT2D eigenvalue weighted by Crippen LogP contribution is 2.16. The summed E-state index contributed by atoms with van der Waals surface area (Å²) in [5.74, 6) is 0. The van der Waals surface area contributed by atoms with Gasteiger partial charge in [0.05, 0.1) is 36.0 Å². The van der Waals surface area contributed by atoms with Crippen molar-refractivity contribution in [3.63, 3.8) is 0 Å². The first-order valence-corrected chi connectivity index (χ1v) is 7.97. The van der Waals surface area contributed by atoms with Crippen LogP contribution in [0.2, 0.25) is 0 Å². The van der Waals surface area contributed by atoms with Crippen LogP contribution in [0.1, 0.15) is 20.3 Å². The fourth-order valence-electron chi connectivity index (χ4n) is 2.75. The average molecular weight is 314 g/mol. The number of para-hydroxylation sites is 1. The number of carbonyl (C=O) groups excluding carboxylic acids is 1. The summed E-state index contributed by atoms with van der Waals surface area (Å²) in [5, 5.41) is 7.20. The third-order valence-corrected chi connectivity index (χ3v) is 3.92. The van der Waals surface area contributed by atoms with Gasteiger partial charge < -0.3 is 15.0 Å². The molecule has 0 spiro atoms. The largest absolute Gasteiger partial charge is 0.372 e. The SMILES string of the molecule is CC[C@@H]1CN(C(=O)Nc2cnn(-c3ccccc3)c2)C[C@@H](C)O1. The summed E-state index contributed by atoms with van der Waals surface area (Å²) in [4.78, 5) is 14.3. The summed E-state index contributed by atoms with van der Waals surface area (Å²) >= 11 is 0. The number of hydrogen-bond acceptors (Lipinski definition) is 3. The Morgan fingerprint density at radius 3 is 2.87 bits per heavy atom. The summed E-state index contributed by atoms with van der Waals surface area (Å²) in [6.07, 6.45) is 4.55. The topological polar surface area (TPSA) is 59.4 Å². The third-order valence-electron chi connectivity index (χ3n) is 3.92. The number of morpholine rings is 1. The second-order valence-electron chi connectivity index (χ2n) is 5.82. The molecule has 1 aliphatic rings. The van der Waals surface area contributed by atoms with Crippen LogP contribution in [0, 0.1) is 0 Å². The van der Waals surface area contributed by atoms with Gasteiger partial charge in [-0.1, -0.05) is 25.1 Å². The molecule has 0 radical (unpaired) electrons. The van der Waals surface area contributed by atoms with Crippen molar-refractivity contribution in [2.75, 3.05) is 18.4 Å². The Hall–Kier alpha value is -2.34. The van der Waals surface area contributed by atoms with Crippen LogP contribution in [0.3, 0.4) is 0 Å². The number of anilines is 1. The molecule has 1 N–H and O–H groups in total. The second-order valence-corrected chi connectivity index (χ2v) is 5.82. The molecule has 0 unspecified atom stereocenters. The first-order valence-electron chi connectivity index (χ1n) is 7.97. The van der Waals surface area contributed by atoms with Crippen molar-refractivity contribution >= 4 is 11.7 Å². The zero-order chi connectivity index (χ0) is 16.2. The van der Waals surface area contributed by atoms with Crippen LogP contribution < -0.4 is 5.32 Å². The highest BCUT2D eigenvalue weighted by molar-refractivity contribution is 5.89. The van der Waals surface area contributed by atoms with Crippen molar-refractivity contribution in [3.05, 3.63) is 42.7 Å². The maximum Gasteiger partial charge on any atom is 0.322 e. The number of nitrogens with zero attached hydrogens (tertiary/aromatic N) is 3. The summed E-state index contributed by atoms with van der Waals surface area (Å²) in [6, 6.07) is 9.69. The van der Waals surface area contributed by atoms with E-state index in [1.165, 1.54) is 0 Å². The van der Waals surface area contributed by atoms with Gasteiger partial charge in [-0.15, -0.1) is 0 Å². The van der Waals surface area contributed by atoms with Crippen LogP contribution in [-0.4, -0.2) is 46.0 Å². The van der Waals surface area contributed by atoms with Crippen molar-refractivity contribution in [2.24, 2.45) is 0 Å². The number of amides is 2. The smallest absolute Gasteiger partial charge is 0.322 e. The van der Waals surface area contributed by atoms with Gasteiger partial charge in [0.1, 0.15) is 0 Å². The quantitative estimate of drug-likeness (QED) is 0.947. The van der Waals surface area contributed by atoms with Crippen molar-refractivity contribution in [2.45, 2.75) is 32.5 Å². The minimum Gasteiger partial charge on any atom is -0.372 e. The Morgan fingerprint density at radius 2 is 2.13 bits per heavy atom. The van der Waals surface area contributed by atoms with Gasteiger partial charge in [0.15, 0.2) is 0 Å². The third kappa shape index (κ3) is 3.71. The molecular formula is C17H22N4O2. The predicted molar refractivity (Wildman–Crippen MR) is 88.8 cm³/mol. The van der Waals surface area contributed by atoms with Gasteiger partial charge in [-0.25, -0.2) is 9.48 Å². The lowest BCUT2D eigenvalue weighted by atomic mass is 10.2. The van der Waals surface area contributed by atoms with E-state index < -0.39 is 0 Å². The molecule has 0 saturated carbocycles. The maximum atomic E-state index is 12.4. The van der Waals surface area contributed by atoms with Gasteiger partial charge in [0.2, 0.25) is 0 Å². The minimum absolute atomic E-state index is 0.0616. The predicted octanol–water partition coefficient (Wildman–Crippen LogP) is 2.90. The van der Waals surface area contributed by atoms with E-state index in [4.69, 9.17) is 4.74 Å². The highest BCUT2D eigenvalue weighted by atomic mass is 16.5. The zero-order valence-corrected chi connectivity index (χ0v) is 13.5. The normalized spacial score (nSPS) is 21.2. The van der Waals surface area contributed by atoms with Crippen molar-refractivity contribution in [1.29, 1.82) is 0 Å². The van der Waals surface area contributed by atoms with E-state index >= 15 is 0 Å². The van der Waals surface area contributed by atoms with Crippen molar-refractivity contribution in [3.8, 4) is 5.69 Å². The van der Waals surface area contributed by atoms with E-state index in [1.54, 1.807) is 10.9 Å². The Bertz CT molecular complexity index is 656. The average Bonchev–Trinajstić information content (AvgIpc) is 3.03.